The van der Waals surface area contributed by atoms with Crippen molar-refractivity contribution < 1.29 is 14.3 Å². The molecule has 1 aliphatic rings. The van der Waals surface area contributed by atoms with Crippen LogP contribution in [0.2, 0.25) is 0 Å². The van der Waals surface area contributed by atoms with Crippen molar-refractivity contribution in [3.63, 3.8) is 0 Å². The van der Waals surface area contributed by atoms with Crippen LogP contribution in [0.15, 0.2) is 0 Å². The topological polar surface area (TPSA) is 84.7 Å². The lowest BCUT2D eigenvalue weighted by molar-refractivity contribution is -0.151. The lowest BCUT2D eigenvalue weighted by Gasteiger charge is -2.33. The molecule has 1 fully saturated rings. The minimum atomic E-state index is -0.483. The maximum atomic E-state index is 12.0. The van der Waals surface area contributed by atoms with E-state index in [4.69, 9.17) is 10.5 Å². The molecule has 1 unspecified atom stereocenters. The highest BCUT2D eigenvalue weighted by Crippen LogP contribution is 2.24. The van der Waals surface area contributed by atoms with Gasteiger partial charge in [0.2, 0.25) is 5.91 Å². The van der Waals surface area contributed by atoms with Crippen molar-refractivity contribution in [3.8, 4) is 0 Å². The summed E-state index contributed by atoms with van der Waals surface area (Å²) in [6, 6.07) is 0. The molecule has 122 valence electrons. The zero-order valence-corrected chi connectivity index (χ0v) is 13.5. The van der Waals surface area contributed by atoms with Gasteiger partial charge in [0.1, 0.15) is 0 Å². The van der Waals surface area contributed by atoms with Gasteiger partial charge in [0.25, 0.3) is 0 Å². The Kier molecular flexibility index (Phi) is 7.11. The van der Waals surface area contributed by atoms with E-state index in [1.165, 1.54) is 7.11 Å². The summed E-state index contributed by atoms with van der Waals surface area (Å²) >= 11 is 0. The summed E-state index contributed by atoms with van der Waals surface area (Å²) in [4.78, 5) is 25.9. The molecule has 6 nitrogen and oxygen atoms in total. The van der Waals surface area contributed by atoms with Gasteiger partial charge >= 0.3 is 5.97 Å². The predicted octanol–water partition coefficient (Wildman–Crippen LogP) is 0.363. The fraction of sp³-hybridized carbons (Fsp3) is 0.867. The molecule has 1 heterocycles. The van der Waals surface area contributed by atoms with E-state index in [0.29, 0.717) is 13.1 Å². The summed E-state index contributed by atoms with van der Waals surface area (Å²) in [6.45, 7) is 7.34. The number of ether oxygens (including phenoxy) is 1. The number of methoxy groups -OCH3 is 1. The van der Waals surface area contributed by atoms with Crippen molar-refractivity contribution in [1.82, 2.24) is 10.2 Å². The molecule has 0 aliphatic carbocycles. The van der Waals surface area contributed by atoms with Crippen LogP contribution in [0, 0.1) is 11.3 Å². The third kappa shape index (κ3) is 5.63. The first kappa shape index (κ1) is 17.9. The summed E-state index contributed by atoms with van der Waals surface area (Å²) < 4.78 is 4.83. The van der Waals surface area contributed by atoms with Crippen molar-refractivity contribution in [2.75, 3.05) is 39.8 Å². The molecule has 0 bridgehead atoms. The number of likely N-dealkylation sites (tertiary alicyclic amines) is 1. The molecule has 1 atom stereocenters. The second-order valence-corrected chi connectivity index (χ2v) is 6.34. The standard InChI is InChI=1S/C15H29N3O3/c1-15(2,14(20)21-3)6-10-18-9-4-5-12(11-18)13(19)17-8-7-16/h12H,4-11,16H2,1-3H3,(H,17,19). The number of nitrogens with one attached hydrogen (secondary N) is 1. The van der Waals surface area contributed by atoms with Crippen LogP contribution >= 0.6 is 0 Å². The second-order valence-electron chi connectivity index (χ2n) is 6.34. The van der Waals surface area contributed by atoms with Crippen molar-refractivity contribution in [3.05, 3.63) is 0 Å². The Morgan fingerprint density at radius 3 is 2.76 bits per heavy atom. The molecule has 0 aromatic rings. The van der Waals surface area contributed by atoms with Crippen LogP contribution in [-0.4, -0.2) is 56.6 Å². The first-order chi connectivity index (χ1) is 9.90. The number of piperidine rings is 1. The number of amides is 1. The normalized spacial score (nSPS) is 20.1. The Morgan fingerprint density at radius 2 is 2.14 bits per heavy atom. The highest BCUT2D eigenvalue weighted by atomic mass is 16.5. The Labute approximate surface area is 127 Å². The lowest BCUT2D eigenvalue weighted by atomic mass is 9.88. The molecule has 0 aromatic heterocycles. The number of carbonyl (C=O) groups is 2. The van der Waals surface area contributed by atoms with E-state index in [-0.39, 0.29) is 17.8 Å². The van der Waals surface area contributed by atoms with Crippen LogP contribution in [-0.2, 0) is 14.3 Å². The Morgan fingerprint density at radius 1 is 1.43 bits per heavy atom. The molecule has 1 amide bonds. The lowest BCUT2D eigenvalue weighted by Crippen LogP contribution is -2.45. The molecule has 1 aliphatic heterocycles. The zero-order chi connectivity index (χ0) is 15.9. The van der Waals surface area contributed by atoms with Crippen LogP contribution < -0.4 is 11.1 Å². The Balaban J connectivity index is 2.43. The fourth-order valence-corrected chi connectivity index (χ4v) is 2.63. The van der Waals surface area contributed by atoms with Crippen LogP contribution in [0.1, 0.15) is 33.1 Å². The molecule has 0 radical (unpaired) electrons. The second kappa shape index (κ2) is 8.34. The van der Waals surface area contributed by atoms with E-state index in [1.54, 1.807) is 0 Å². The first-order valence-electron chi connectivity index (χ1n) is 7.69. The smallest absolute Gasteiger partial charge is 0.311 e. The molecule has 6 heteroatoms. The molecule has 0 aromatic carbocycles. The van der Waals surface area contributed by atoms with E-state index >= 15 is 0 Å². The maximum Gasteiger partial charge on any atom is 0.311 e. The summed E-state index contributed by atoms with van der Waals surface area (Å²) in [5.41, 5.74) is 4.92. The number of esters is 1. The molecule has 1 rings (SSSR count). The first-order valence-corrected chi connectivity index (χ1v) is 7.69. The summed E-state index contributed by atoms with van der Waals surface area (Å²) in [7, 11) is 1.42. The fourth-order valence-electron chi connectivity index (χ4n) is 2.63. The van der Waals surface area contributed by atoms with Crippen LogP contribution in [0.3, 0.4) is 0 Å². The molecule has 3 N–H and O–H groups in total. The van der Waals surface area contributed by atoms with Gasteiger partial charge in [-0.3, -0.25) is 9.59 Å². The summed E-state index contributed by atoms with van der Waals surface area (Å²) in [5.74, 6) is -0.0549. The van der Waals surface area contributed by atoms with E-state index in [0.717, 1.165) is 38.9 Å². The van der Waals surface area contributed by atoms with Crippen molar-refractivity contribution in [2.24, 2.45) is 17.1 Å². The number of rotatable bonds is 7. The predicted molar refractivity (Wildman–Crippen MR) is 81.6 cm³/mol. The zero-order valence-electron chi connectivity index (χ0n) is 13.5. The highest BCUT2D eigenvalue weighted by molar-refractivity contribution is 5.79. The third-order valence-corrected chi connectivity index (χ3v) is 4.11. The Bertz CT molecular complexity index is 358. The van der Waals surface area contributed by atoms with Crippen molar-refractivity contribution in [2.45, 2.75) is 33.1 Å². The van der Waals surface area contributed by atoms with Gasteiger partial charge in [-0.05, 0) is 46.2 Å². The molecular weight excluding hydrogens is 270 g/mol. The largest absolute Gasteiger partial charge is 0.469 e. The van der Waals surface area contributed by atoms with Gasteiger partial charge in [-0.15, -0.1) is 0 Å². The number of hydrogen-bond acceptors (Lipinski definition) is 5. The summed E-state index contributed by atoms with van der Waals surface area (Å²) in [6.07, 6.45) is 2.67. The van der Waals surface area contributed by atoms with Gasteiger partial charge in [-0.2, -0.15) is 0 Å². The number of nitrogens with two attached hydrogens (primary N) is 1. The van der Waals surface area contributed by atoms with E-state index in [1.807, 2.05) is 13.8 Å². The SMILES string of the molecule is COC(=O)C(C)(C)CCN1CCCC(C(=O)NCCN)C1. The van der Waals surface area contributed by atoms with Gasteiger partial charge in [-0.1, -0.05) is 0 Å². The highest BCUT2D eigenvalue weighted by Gasteiger charge is 2.31. The van der Waals surface area contributed by atoms with Gasteiger partial charge in [0, 0.05) is 19.6 Å². The van der Waals surface area contributed by atoms with Gasteiger partial charge in [0.15, 0.2) is 0 Å². The Hall–Kier alpha value is -1.14. The molecule has 0 spiro atoms. The van der Waals surface area contributed by atoms with E-state index < -0.39 is 5.41 Å². The van der Waals surface area contributed by atoms with Gasteiger partial charge in [-0.25, -0.2) is 0 Å². The molecule has 1 saturated heterocycles. The number of carbonyl (C=O) groups excluding carboxylic acids is 2. The average Bonchev–Trinajstić information content (AvgIpc) is 2.50. The van der Waals surface area contributed by atoms with Crippen molar-refractivity contribution >= 4 is 11.9 Å². The third-order valence-electron chi connectivity index (χ3n) is 4.11. The van der Waals surface area contributed by atoms with Crippen LogP contribution in [0.5, 0.6) is 0 Å². The average molecular weight is 299 g/mol. The van der Waals surface area contributed by atoms with Crippen LogP contribution in [0.25, 0.3) is 0 Å². The minimum Gasteiger partial charge on any atom is -0.469 e. The van der Waals surface area contributed by atoms with Crippen molar-refractivity contribution in [1.29, 1.82) is 0 Å². The van der Waals surface area contributed by atoms with Crippen LogP contribution in [0.4, 0.5) is 0 Å². The number of nitrogens with zero attached hydrogens (tertiary/aromatic N) is 1. The minimum absolute atomic E-state index is 0.0338. The molecule has 0 saturated carbocycles. The monoisotopic (exact) mass is 299 g/mol. The molecule has 21 heavy (non-hydrogen) atoms. The summed E-state index contributed by atoms with van der Waals surface area (Å²) in [5, 5.41) is 2.86. The van der Waals surface area contributed by atoms with E-state index in [2.05, 4.69) is 10.2 Å². The maximum absolute atomic E-state index is 12.0. The van der Waals surface area contributed by atoms with Gasteiger partial charge in [0.05, 0.1) is 18.4 Å². The quantitative estimate of drug-likeness (QED) is 0.663. The molecular formula is C15H29N3O3. The number of hydrogen-bond donors (Lipinski definition) is 2. The van der Waals surface area contributed by atoms with Gasteiger partial charge < -0.3 is 20.7 Å². The van der Waals surface area contributed by atoms with E-state index in [9.17, 15) is 9.59 Å².